The second-order valence-corrected chi connectivity index (χ2v) is 14.1. The second kappa shape index (κ2) is 17.4. The van der Waals surface area contributed by atoms with Crippen LogP contribution in [0.4, 0.5) is 11.4 Å². The van der Waals surface area contributed by atoms with Gasteiger partial charge < -0.3 is 24.3 Å². The molecular formula is C40H50N4O3S. The summed E-state index contributed by atoms with van der Waals surface area (Å²) < 4.78 is 13.7. The van der Waals surface area contributed by atoms with Gasteiger partial charge in [0.25, 0.3) is 5.91 Å². The van der Waals surface area contributed by atoms with Crippen LogP contribution in [0, 0.1) is 5.92 Å². The third kappa shape index (κ3) is 9.77. The first-order valence-electron chi connectivity index (χ1n) is 17.3. The van der Waals surface area contributed by atoms with Gasteiger partial charge in [0.2, 0.25) is 0 Å². The molecule has 0 aliphatic carbocycles. The van der Waals surface area contributed by atoms with Gasteiger partial charge in [-0.15, -0.1) is 11.8 Å². The van der Waals surface area contributed by atoms with Gasteiger partial charge in [-0.3, -0.25) is 4.79 Å². The molecule has 5 rings (SSSR count). The number of benzene rings is 3. The van der Waals surface area contributed by atoms with E-state index < -0.39 is 0 Å². The number of aromatic nitrogens is 2. The number of nitrogens with zero attached hydrogens (tertiary/aromatic N) is 3. The van der Waals surface area contributed by atoms with Gasteiger partial charge in [-0.1, -0.05) is 45.4 Å². The largest absolute Gasteiger partial charge is 0.491 e. The summed E-state index contributed by atoms with van der Waals surface area (Å²) in [4.78, 5) is 21.5. The van der Waals surface area contributed by atoms with Gasteiger partial charge in [0, 0.05) is 65.2 Å². The summed E-state index contributed by atoms with van der Waals surface area (Å²) in [6.07, 6.45) is 8.79. The summed E-state index contributed by atoms with van der Waals surface area (Å²) in [5, 5.41) is 3.16. The normalized spacial score (nSPS) is 13.0. The summed E-state index contributed by atoms with van der Waals surface area (Å²) in [7, 11) is 0. The van der Waals surface area contributed by atoms with E-state index in [0.29, 0.717) is 31.6 Å². The second-order valence-electron chi connectivity index (χ2n) is 13.0. The lowest BCUT2D eigenvalue weighted by Gasteiger charge is -2.27. The number of carbonyl (C=O) groups is 1. The molecule has 0 radical (unpaired) electrons. The van der Waals surface area contributed by atoms with Gasteiger partial charge in [0.1, 0.15) is 12.4 Å². The summed E-state index contributed by atoms with van der Waals surface area (Å²) in [6, 6.07) is 23.3. The fraction of sp³-hybridized carbons (Fsp3) is 0.400. The lowest BCUT2D eigenvalue weighted by Crippen LogP contribution is -2.29. The van der Waals surface area contributed by atoms with Crippen LogP contribution in [-0.4, -0.2) is 48.4 Å². The number of unbranched alkanes of at least 4 members (excludes halogenated alkanes) is 1. The van der Waals surface area contributed by atoms with Crippen molar-refractivity contribution in [1.29, 1.82) is 0 Å². The minimum Gasteiger partial charge on any atom is -0.491 e. The highest BCUT2D eigenvalue weighted by Gasteiger charge is 2.21. The van der Waals surface area contributed by atoms with Gasteiger partial charge in [-0.2, -0.15) is 0 Å². The molecule has 1 aliphatic heterocycles. The number of hydrogen-bond donors (Lipinski definition) is 1. The zero-order valence-electron chi connectivity index (χ0n) is 29.1. The molecule has 0 spiro atoms. The van der Waals surface area contributed by atoms with Crippen LogP contribution < -0.4 is 15.0 Å². The van der Waals surface area contributed by atoms with Crippen LogP contribution in [0.2, 0.25) is 0 Å². The molecule has 0 bridgehead atoms. The number of amides is 1. The maximum atomic E-state index is 13.6. The van der Waals surface area contributed by atoms with E-state index in [1.807, 2.05) is 36.8 Å². The van der Waals surface area contributed by atoms with Gasteiger partial charge in [-0.05, 0) is 104 Å². The number of thioether (sulfide) groups is 1. The number of hydrogen-bond acceptors (Lipinski definition) is 6. The molecule has 1 aromatic heterocycles. The van der Waals surface area contributed by atoms with Gasteiger partial charge >= 0.3 is 0 Å². The van der Waals surface area contributed by atoms with E-state index in [-0.39, 0.29) is 5.91 Å². The van der Waals surface area contributed by atoms with Gasteiger partial charge in [-0.25, -0.2) is 4.98 Å². The van der Waals surface area contributed by atoms with Crippen LogP contribution in [-0.2, 0) is 15.3 Å². The molecule has 7 nitrogen and oxygen atoms in total. The van der Waals surface area contributed by atoms with Crippen molar-refractivity contribution in [3.8, 4) is 16.9 Å². The van der Waals surface area contributed by atoms with Crippen LogP contribution >= 0.6 is 11.8 Å². The Kier molecular flexibility index (Phi) is 12.8. The Bertz CT molecular complexity index is 1640. The molecule has 0 saturated heterocycles. The minimum atomic E-state index is -0.0563. The van der Waals surface area contributed by atoms with E-state index in [1.54, 1.807) is 11.8 Å². The Labute approximate surface area is 290 Å². The summed E-state index contributed by atoms with van der Waals surface area (Å²) in [5.41, 5.74) is 7.22. The monoisotopic (exact) mass is 666 g/mol. The SMILES string of the molecule is CCCCOCCOc1ccc(-c2ccc3c(c2)C=C(C(=O)Nc2ccc(SCc4cncn4C(C)C)cc2)CCN3CC(C)C)cc1. The predicted molar refractivity (Wildman–Crippen MR) is 200 cm³/mol. The van der Waals surface area contributed by atoms with E-state index in [1.165, 1.54) is 11.4 Å². The third-order valence-corrected chi connectivity index (χ3v) is 9.40. The predicted octanol–water partition coefficient (Wildman–Crippen LogP) is 9.51. The number of ether oxygens (including phenoxy) is 2. The fourth-order valence-electron chi connectivity index (χ4n) is 5.81. The van der Waals surface area contributed by atoms with Crippen molar-refractivity contribution in [2.24, 2.45) is 5.92 Å². The number of anilines is 2. The van der Waals surface area contributed by atoms with Crippen molar-refractivity contribution in [3.05, 3.63) is 96.1 Å². The van der Waals surface area contributed by atoms with Crippen molar-refractivity contribution < 1.29 is 14.3 Å². The highest BCUT2D eigenvalue weighted by atomic mass is 32.2. The Morgan fingerprint density at radius 1 is 0.958 bits per heavy atom. The average molecular weight is 667 g/mol. The highest BCUT2D eigenvalue weighted by Crippen LogP contribution is 2.34. The molecule has 48 heavy (non-hydrogen) atoms. The van der Waals surface area contributed by atoms with Crippen LogP contribution in [0.25, 0.3) is 17.2 Å². The molecule has 1 aliphatic rings. The molecule has 1 amide bonds. The molecular weight excluding hydrogens is 617 g/mol. The quantitative estimate of drug-likeness (QED) is 0.0949. The molecule has 0 saturated carbocycles. The van der Waals surface area contributed by atoms with Gasteiger partial charge in [0.15, 0.2) is 0 Å². The summed E-state index contributed by atoms with van der Waals surface area (Å²) >= 11 is 1.77. The minimum absolute atomic E-state index is 0.0563. The van der Waals surface area contributed by atoms with Gasteiger partial charge in [0.05, 0.1) is 12.9 Å². The van der Waals surface area contributed by atoms with Crippen molar-refractivity contribution >= 4 is 35.1 Å². The Balaban J connectivity index is 1.26. The first kappa shape index (κ1) is 35.3. The lowest BCUT2D eigenvalue weighted by molar-refractivity contribution is -0.112. The molecule has 2 heterocycles. The Hall–Kier alpha value is -4.01. The first-order valence-corrected chi connectivity index (χ1v) is 18.2. The average Bonchev–Trinajstić information content (AvgIpc) is 3.49. The molecule has 254 valence electrons. The molecule has 0 unspecified atom stereocenters. The fourth-order valence-corrected chi connectivity index (χ4v) is 6.67. The Morgan fingerprint density at radius 2 is 1.73 bits per heavy atom. The summed E-state index contributed by atoms with van der Waals surface area (Å²) in [5.74, 6) is 2.12. The Morgan fingerprint density at radius 3 is 2.46 bits per heavy atom. The number of imidazole rings is 1. The highest BCUT2D eigenvalue weighted by molar-refractivity contribution is 7.98. The molecule has 0 fully saturated rings. The summed E-state index contributed by atoms with van der Waals surface area (Å²) in [6.45, 7) is 14.6. The maximum Gasteiger partial charge on any atom is 0.251 e. The van der Waals surface area contributed by atoms with E-state index in [2.05, 4.69) is 103 Å². The number of rotatable bonds is 16. The molecule has 4 aromatic rings. The van der Waals surface area contributed by atoms with E-state index in [0.717, 1.165) is 76.9 Å². The van der Waals surface area contributed by atoms with Crippen LogP contribution in [0.1, 0.15) is 71.2 Å². The molecule has 3 aromatic carbocycles. The van der Waals surface area contributed by atoms with Crippen LogP contribution in [0.5, 0.6) is 5.75 Å². The zero-order chi connectivity index (χ0) is 33.9. The van der Waals surface area contributed by atoms with Crippen molar-refractivity contribution in [3.63, 3.8) is 0 Å². The van der Waals surface area contributed by atoms with Crippen molar-refractivity contribution in [1.82, 2.24) is 9.55 Å². The number of carbonyl (C=O) groups excluding carboxylic acids is 1. The van der Waals surface area contributed by atoms with E-state index in [9.17, 15) is 4.79 Å². The zero-order valence-corrected chi connectivity index (χ0v) is 29.9. The van der Waals surface area contributed by atoms with E-state index >= 15 is 0 Å². The van der Waals surface area contributed by atoms with Crippen LogP contribution in [0.3, 0.4) is 0 Å². The topological polar surface area (TPSA) is 68.6 Å². The smallest absolute Gasteiger partial charge is 0.251 e. The van der Waals surface area contributed by atoms with Crippen molar-refractivity contribution in [2.45, 2.75) is 70.6 Å². The maximum absolute atomic E-state index is 13.6. The van der Waals surface area contributed by atoms with Crippen LogP contribution in [0.15, 0.2) is 89.7 Å². The number of nitrogens with one attached hydrogen (secondary N) is 1. The standard InChI is InChI=1S/C40H50N4O3S/c1-6-7-20-46-21-22-47-37-13-8-31(9-14-37)32-10-17-39-34(23-32)24-33(18-19-43(39)26-29(2)3)40(45)42-35-11-15-38(16-12-35)48-27-36-25-41-28-44(36)30(4)5/h8-17,23-25,28-30H,6-7,18-22,26-27H2,1-5H3,(H,42,45). The first-order chi connectivity index (χ1) is 23.3. The van der Waals surface area contributed by atoms with Crippen molar-refractivity contribution in [2.75, 3.05) is 43.1 Å². The molecule has 1 N–H and O–H groups in total. The molecule has 0 atom stereocenters. The number of fused-ring (bicyclic) bond motifs is 1. The lowest BCUT2D eigenvalue weighted by atomic mass is 10.00. The third-order valence-electron chi connectivity index (χ3n) is 8.35. The van der Waals surface area contributed by atoms with E-state index in [4.69, 9.17) is 9.47 Å². The molecule has 8 heteroatoms.